The summed E-state index contributed by atoms with van der Waals surface area (Å²) in [6, 6.07) is 0. The van der Waals surface area contributed by atoms with E-state index in [4.69, 9.17) is 0 Å². The van der Waals surface area contributed by atoms with Crippen molar-refractivity contribution in [1.29, 1.82) is 0 Å². The van der Waals surface area contributed by atoms with Gasteiger partial charge in [-0.2, -0.15) is 0 Å². The molecule has 0 rings (SSSR count). The van der Waals surface area contributed by atoms with E-state index in [1.54, 1.807) is 0 Å². The minimum absolute atomic E-state index is 0.638. The van der Waals surface area contributed by atoms with Gasteiger partial charge in [0, 0.05) is 6.42 Å². The first-order valence-corrected chi connectivity index (χ1v) is 14.8. The minimum atomic E-state index is 0.638. The molecule has 1 heteroatoms. The van der Waals surface area contributed by atoms with Gasteiger partial charge in [0.1, 0.15) is 0 Å². The van der Waals surface area contributed by atoms with Crippen molar-refractivity contribution in [2.45, 2.75) is 187 Å². The van der Waals surface area contributed by atoms with Gasteiger partial charge >= 0.3 is 0 Å². The van der Waals surface area contributed by atoms with E-state index >= 15 is 0 Å². The first-order valence-electron chi connectivity index (χ1n) is 14.8. The summed E-state index contributed by atoms with van der Waals surface area (Å²) in [6.07, 6.45) is 41.1. The van der Waals surface area contributed by atoms with Gasteiger partial charge in [0.25, 0.3) is 0 Å². The predicted octanol–water partition coefficient (Wildman–Crippen LogP) is 11.0. The van der Waals surface area contributed by atoms with E-state index in [2.05, 4.69) is 6.92 Å². The molecule has 0 spiro atoms. The molecule has 185 valence electrons. The molecule has 0 fully saturated rings. The van der Waals surface area contributed by atoms with Crippen molar-refractivity contribution >= 4 is 6.29 Å². The Kier molecular flexibility index (Phi) is 29.4. The molecule has 0 aromatic carbocycles. The Morgan fingerprint density at radius 2 is 0.516 bits per heavy atom. The first-order chi connectivity index (χ1) is 15.4. The molecular formula is C30H59O. The molecular weight excluding hydrogens is 376 g/mol. The fourth-order valence-electron chi connectivity index (χ4n) is 4.69. The van der Waals surface area contributed by atoms with Crippen LogP contribution in [0.2, 0.25) is 0 Å². The van der Waals surface area contributed by atoms with Crippen LogP contribution in [0.4, 0.5) is 0 Å². The van der Waals surface area contributed by atoms with Crippen LogP contribution >= 0.6 is 0 Å². The third-order valence-corrected chi connectivity index (χ3v) is 6.88. The van der Waals surface area contributed by atoms with Crippen molar-refractivity contribution < 1.29 is 4.79 Å². The second kappa shape index (κ2) is 29.7. The van der Waals surface area contributed by atoms with Gasteiger partial charge in [0.15, 0.2) is 6.29 Å². The molecule has 0 aromatic heterocycles. The molecule has 0 saturated carbocycles. The molecule has 0 N–H and O–H groups in total. The van der Waals surface area contributed by atoms with Gasteiger partial charge in [-0.15, -0.1) is 0 Å². The van der Waals surface area contributed by atoms with Crippen molar-refractivity contribution in [2.24, 2.45) is 0 Å². The van der Waals surface area contributed by atoms with Crippen LogP contribution in [0.5, 0.6) is 0 Å². The Morgan fingerprint density at radius 3 is 0.710 bits per heavy atom. The molecule has 31 heavy (non-hydrogen) atoms. The van der Waals surface area contributed by atoms with Gasteiger partial charge in [0.2, 0.25) is 0 Å². The van der Waals surface area contributed by atoms with Gasteiger partial charge in [-0.05, 0) is 6.42 Å². The van der Waals surface area contributed by atoms with Crippen molar-refractivity contribution in [1.82, 2.24) is 0 Å². The van der Waals surface area contributed by atoms with Crippen molar-refractivity contribution in [2.75, 3.05) is 0 Å². The molecule has 0 aromatic rings. The summed E-state index contributed by atoms with van der Waals surface area (Å²) in [4.78, 5) is 10.1. The lowest BCUT2D eigenvalue weighted by Crippen LogP contribution is -1.85. The summed E-state index contributed by atoms with van der Waals surface area (Å²) in [5, 5.41) is 0. The van der Waals surface area contributed by atoms with Crippen molar-refractivity contribution in [3.63, 3.8) is 0 Å². The Labute approximate surface area is 197 Å². The quantitative estimate of drug-likeness (QED) is 0.112. The maximum Gasteiger partial charge on any atom is 0.198 e. The molecule has 0 aliphatic heterocycles. The highest BCUT2D eigenvalue weighted by atomic mass is 16.1. The normalized spacial score (nSPS) is 11.3. The summed E-state index contributed by atoms with van der Waals surface area (Å²) in [7, 11) is 0. The maximum atomic E-state index is 10.1. The number of carbonyl (C=O) groups excluding carboxylic acids is 1. The molecule has 0 bridgehead atoms. The third kappa shape index (κ3) is 29.7. The lowest BCUT2D eigenvalue weighted by Gasteiger charge is -2.04. The van der Waals surface area contributed by atoms with E-state index in [1.807, 2.05) is 6.29 Å². The summed E-state index contributed by atoms with van der Waals surface area (Å²) in [5.41, 5.74) is 0. The van der Waals surface area contributed by atoms with Crippen LogP contribution < -0.4 is 0 Å². The van der Waals surface area contributed by atoms with E-state index in [1.165, 1.54) is 167 Å². The molecule has 1 nitrogen and oxygen atoms in total. The molecule has 0 atom stereocenters. The van der Waals surface area contributed by atoms with Gasteiger partial charge in [0.05, 0.1) is 0 Å². The Hall–Kier alpha value is -0.330. The SMILES string of the molecule is CCCCCCCCCCCCCCCCCCCCCCCCCCCCC[C]=O. The standard InChI is InChI=1S/C30H59O/c1-2-3-4-5-6-7-8-9-10-11-12-13-14-15-16-17-18-19-20-21-22-23-24-25-26-27-28-29-30-31/h2-29H2,1H3. The Bertz CT molecular complexity index is 312. The van der Waals surface area contributed by atoms with Crippen LogP contribution in [0.25, 0.3) is 0 Å². The van der Waals surface area contributed by atoms with Gasteiger partial charge in [-0.25, -0.2) is 0 Å². The molecule has 0 aliphatic carbocycles. The number of hydrogen-bond donors (Lipinski definition) is 0. The van der Waals surface area contributed by atoms with Gasteiger partial charge in [-0.3, -0.25) is 4.79 Å². The second-order valence-corrected chi connectivity index (χ2v) is 10.1. The second-order valence-electron chi connectivity index (χ2n) is 10.1. The van der Waals surface area contributed by atoms with E-state index in [9.17, 15) is 4.79 Å². The molecule has 0 unspecified atom stereocenters. The highest BCUT2D eigenvalue weighted by Crippen LogP contribution is 2.16. The molecule has 0 heterocycles. The topological polar surface area (TPSA) is 17.1 Å². The average Bonchev–Trinajstić information content (AvgIpc) is 2.78. The smallest absolute Gasteiger partial charge is 0.198 e. The maximum absolute atomic E-state index is 10.1. The van der Waals surface area contributed by atoms with Gasteiger partial charge in [-0.1, -0.05) is 174 Å². The first kappa shape index (κ1) is 30.7. The number of hydrogen-bond acceptors (Lipinski definition) is 1. The number of rotatable bonds is 28. The van der Waals surface area contributed by atoms with E-state index in [0.717, 1.165) is 6.42 Å². The van der Waals surface area contributed by atoms with Crippen LogP contribution in [0, 0.1) is 0 Å². The van der Waals surface area contributed by atoms with Crippen LogP contribution in [0.1, 0.15) is 187 Å². The summed E-state index contributed by atoms with van der Waals surface area (Å²) < 4.78 is 0. The summed E-state index contributed by atoms with van der Waals surface area (Å²) >= 11 is 0. The molecule has 1 radical (unpaired) electrons. The zero-order valence-electron chi connectivity index (χ0n) is 21.7. The van der Waals surface area contributed by atoms with Crippen LogP contribution in [-0.4, -0.2) is 6.29 Å². The summed E-state index contributed by atoms with van der Waals surface area (Å²) in [6.45, 7) is 2.30. The third-order valence-electron chi connectivity index (χ3n) is 6.88. The van der Waals surface area contributed by atoms with Gasteiger partial charge < -0.3 is 0 Å². The molecule has 0 aliphatic rings. The largest absolute Gasteiger partial charge is 0.291 e. The molecule has 0 amide bonds. The number of unbranched alkanes of at least 4 members (excludes halogenated alkanes) is 27. The predicted molar refractivity (Wildman–Crippen MR) is 141 cm³/mol. The fourth-order valence-corrected chi connectivity index (χ4v) is 4.69. The van der Waals surface area contributed by atoms with Crippen molar-refractivity contribution in [3.8, 4) is 0 Å². The minimum Gasteiger partial charge on any atom is -0.291 e. The summed E-state index contributed by atoms with van der Waals surface area (Å²) in [5.74, 6) is 0. The zero-order valence-corrected chi connectivity index (χ0v) is 21.7. The Balaban J connectivity index is 2.98. The lowest BCUT2D eigenvalue weighted by atomic mass is 10.0. The van der Waals surface area contributed by atoms with E-state index in [0.29, 0.717) is 6.42 Å². The van der Waals surface area contributed by atoms with E-state index < -0.39 is 0 Å². The highest BCUT2D eigenvalue weighted by Gasteiger charge is 1.96. The highest BCUT2D eigenvalue weighted by molar-refractivity contribution is 5.50. The lowest BCUT2D eigenvalue weighted by molar-refractivity contribution is 0.514. The zero-order chi connectivity index (χ0) is 22.5. The fraction of sp³-hybridized carbons (Fsp3) is 0.967. The van der Waals surface area contributed by atoms with Crippen LogP contribution in [0.15, 0.2) is 0 Å². The van der Waals surface area contributed by atoms with Crippen LogP contribution in [0.3, 0.4) is 0 Å². The average molecular weight is 436 g/mol. The van der Waals surface area contributed by atoms with Crippen molar-refractivity contribution in [3.05, 3.63) is 0 Å². The van der Waals surface area contributed by atoms with E-state index in [-0.39, 0.29) is 0 Å². The monoisotopic (exact) mass is 435 g/mol. The molecule has 0 saturated heterocycles. The Morgan fingerprint density at radius 1 is 0.323 bits per heavy atom. The van der Waals surface area contributed by atoms with Crippen LogP contribution in [-0.2, 0) is 4.79 Å².